The molecule has 0 aliphatic carbocycles. The first-order valence-electron chi connectivity index (χ1n) is 42.5. The smallest absolute Gasteiger partial charge is 0.305 e. The van der Waals surface area contributed by atoms with Crippen molar-refractivity contribution < 1.29 is 92.0 Å². The number of fused-ring (bicyclic) bond motifs is 1. The Bertz CT molecular complexity index is 5070. The first kappa shape index (κ1) is 101. The number of nitrogens with one attached hydrogen (secondary N) is 10. The molecule has 37 heteroatoms. The number of amides is 15. The number of primary amides is 1. The fourth-order valence-corrected chi connectivity index (χ4v) is 15.7. The summed E-state index contributed by atoms with van der Waals surface area (Å²) in [5, 5.41) is 55.4. The molecule has 0 saturated carbocycles. The summed E-state index contributed by atoms with van der Waals surface area (Å²) in [6, 6.07) is 23.4. The van der Waals surface area contributed by atoms with E-state index in [9.17, 15) is 58.5 Å². The number of thioether (sulfide) groups is 1. The van der Waals surface area contributed by atoms with Gasteiger partial charge in [-0.25, -0.2) is 4.98 Å². The SMILES string of the molecule is CCCC[C@H]1C(=O)N(C)CC(=O)N[C@@H](CC(=O)O)C(=O)N[C@@H](C(C)C)C(=O)N(C)[C@H](Cc2ccccc2)C(=O)N[C@@H](Cc2ccc(O)cc2)C(=O)N(C)CC(=O)NC(Cc2c[nH]c3ncccc23)C(=O)N[C@@H](Cc2ccc(O)cc2)C(=O)N[C@@H](CC(C)C)C(=O)N[C@H](C(=O)NCC(N)=O)CSCC(=O)N[C@@H](Cc2ccccc2)C(=O)N(C)[C@H](Cc2ccccc2)C(=O)N1C. The molecule has 7 aromatic rings. The van der Waals surface area contributed by atoms with E-state index in [0.717, 1.165) is 26.5 Å². The number of benzene rings is 5. The highest BCUT2D eigenvalue weighted by atomic mass is 32.2. The van der Waals surface area contributed by atoms with Gasteiger partial charge in [-0.3, -0.25) is 76.7 Å². The number of unbranched alkanes of at least 4 members (excludes halogenated alkanes) is 1. The second-order valence-corrected chi connectivity index (χ2v) is 33.9. The van der Waals surface area contributed by atoms with Crippen LogP contribution in [0.25, 0.3) is 11.0 Å². The third kappa shape index (κ3) is 30.5. The monoisotopic (exact) mass is 1800 g/mol. The summed E-state index contributed by atoms with van der Waals surface area (Å²) in [4.78, 5) is 248. The molecule has 1 aliphatic heterocycles. The van der Waals surface area contributed by atoms with E-state index < -0.39 is 199 Å². The molecule has 1 fully saturated rings. The van der Waals surface area contributed by atoms with Crippen LogP contribution in [0.2, 0.25) is 0 Å². The maximum absolute atomic E-state index is 15.5. The van der Waals surface area contributed by atoms with E-state index in [1.54, 1.807) is 137 Å². The van der Waals surface area contributed by atoms with Gasteiger partial charge in [0.25, 0.3) is 0 Å². The maximum Gasteiger partial charge on any atom is 0.305 e. The highest BCUT2D eigenvalue weighted by Gasteiger charge is 2.42. The lowest BCUT2D eigenvalue weighted by Crippen LogP contribution is -2.61. The minimum absolute atomic E-state index is 0.0286. The summed E-state index contributed by atoms with van der Waals surface area (Å²) in [5.41, 5.74) is 8.78. The van der Waals surface area contributed by atoms with E-state index in [4.69, 9.17) is 5.73 Å². The second kappa shape index (κ2) is 48.8. The number of rotatable bonds is 23. The van der Waals surface area contributed by atoms with Gasteiger partial charge in [0.05, 0.1) is 31.8 Å². The zero-order chi connectivity index (χ0) is 94.3. The molecular weight excluding hydrogens is 1680 g/mol. The number of phenols is 2. The first-order chi connectivity index (χ1) is 61.4. The van der Waals surface area contributed by atoms with Gasteiger partial charge in [0, 0.05) is 97.3 Å². The number of nitrogens with two attached hydrogens (primary N) is 1. The van der Waals surface area contributed by atoms with E-state index >= 15 is 33.6 Å². The number of hydrogen-bond acceptors (Lipinski definition) is 20. The summed E-state index contributed by atoms with van der Waals surface area (Å²) in [5.74, 6) is -17.6. The zero-order valence-corrected chi connectivity index (χ0v) is 74.8. The Labute approximate surface area is 752 Å². The summed E-state index contributed by atoms with van der Waals surface area (Å²) < 4.78 is 0. The molecule has 0 bridgehead atoms. The fourth-order valence-electron chi connectivity index (χ4n) is 14.8. The van der Waals surface area contributed by atoms with Crippen LogP contribution in [0, 0.1) is 11.8 Å². The number of aromatic amines is 1. The predicted molar refractivity (Wildman–Crippen MR) is 480 cm³/mol. The van der Waals surface area contributed by atoms with E-state index in [1.807, 2.05) is 6.92 Å². The maximum atomic E-state index is 15.5. The van der Waals surface area contributed by atoms with Crippen LogP contribution >= 0.6 is 11.8 Å². The fraction of sp³-hybridized carbons (Fsp3) is 0.424. The topological polar surface area (TPSA) is 513 Å². The lowest BCUT2D eigenvalue weighted by atomic mass is 9.98. The molecule has 129 heavy (non-hydrogen) atoms. The number of pyridine rings is 1. The molecule has 3 heterocycles. The minimum Gasteiger partial charge on any atom is -0.508 e. The van der Waals surface area contributed by atoms with Crippen LogP contribution in [0.5, 0.6) is 11.5 Å². The molecule has 0 spiro atoms. The summed E-state index contributed by atoms with van der Waals surface area (Å²) in [6.45, 7) is 6.14. The number of hydrogen-bond donors (Lipinski definition) is 14. The van der Waals surface area contributed by atoms with Gasteiger partial charge in [0.15, 0.2) is 0 Å². The highest BCUT2D eigenvalue weighted by molar-refractivity contribution is 8.00. The number of carboxylic acids is 1. The van der Waals surface area contributed by atoms with Crippen LogP contribution in [-0.2, 0) is 115 Å². The average Bonchev–Trinajstić information content (AvgIpc) is 1.50. The predicted octanol–water partition coefficient (Wildman–Crippen LogP) is 1.72. The van der Waals surface area contributed by atoms with Gasteiger partial charge in [-0.05, 0) is 94.5 Å². The number of H-pyrrole nitrogens is 1. The van der Waals surface area contributed by atoms with Crippen molar-refractivity contribution >= 4 is 117 Å². The Morgan fingerprint density at radius 3 is 1.47 bits per heavy atom. The molecule has 5 aromatic carbocycles. The van der Waals surface area contributed by atoms with Crippen molar-refractivity contribution in [2.75, 3.05) is 66.4 Å². The van der Waals surface area contributed by atoms with E-state index in [1.165, 1.54) is 99.8 Å². The standard InChI is InChI=1S/C92H117N17O19S/c1-11-12-30-72-90(126)106(7)51-77(114)98-68(47-79(116)117)86(122)104-80(55(4)5)92(128)108(9)73(44-57-25-18-14-19-26-57)87(123)102-69(43-60-33-37-63(111)38-34-60)88(124)105(6)50-76(113)97-67(46-61-48-95-81-64(61)29-22-39-94-81)85(121)101-66(41-59-31-35-62(110)36-32-59)84(120)100-65(40-54(2)3)83(119)103-71(82(118)96-49-75(93)112)52-129-53-78(115)99-70(42-56-23-16-13-17-24-56)89(125)109(10)74(91(127)107(72)8)45-58-27-20-15-21-28-58/h13-29,31-39,48,54-55,65-74,80,110-111H,11-12,30,40-47,49-53H2,1-10H3,(H2,93,112)(H,94,95)(H,96,118)(H,97,113)(H,98,114)(H,99,115)(H,100,120)(H,101,121)(H,102,123)(H,103,119)(H,104,122)(H,116,117)/t65-,66-,67?,68-,69-,70-,71-,72-,73+,74+,80-/m0/s1. The number of carboxylic acid groups (broad SMARTS) is 1. The van der Waals surface area contributed by atoms with Gasteiger partial charge >= 0.3 is 5.97 Å². The third-order valence-electron chi connectivity index (χ3n) is 21.9. The van der Waals surface area contributed by atoms with Gasteiger partial charge in [-0.2, -0.15) is 0 Å². The van der Waals surface area contributed by atoms with Crippen molar-refractivity contribution in [3.8, 4) is 11.5 Å². The number of nitrogens with zero attached hydrogens (tertiary/aromatic N) is 6. The van der Waals surface area contributed by atoms with Crippen molar-refractivity contribution in [2.45, 2.75) is 172 Å². The number of aliphatic carboxylic acids is 1. The van der Waals surface area contributed by atoms with Crippen molar-refractivity contribution in [2.24, 2.45) is 17.6 Å². The van der Waals surface area contributed by atoms with Gasteiger partial charge in [-0.15, -0.1) is 11.8 Å². The second-order valence-electron chi connectivity index (χ2n) is 32.9. The molecule has 15 amide bonds. The van der Waals surface area contributed by atoms with E-state index in [2.05, 4.69) is 57.8 Å². The number of aromatic nitrogens is 2. The third-order valence-corrected chi connectivity index (χ3v) is 23.0. The Balaban J connectivity index is 1.21. The van der Waals surface area contributed by atoms with Crippen LogP contribution in [-0.4, -0.2) is 277 Å². The van der Waals surface area contributed by atoms with Gasteiger partial charge in [0.1, 0.15) is 83.6 Å². The summed E-state index contributed by atoms with van der Waals surface area (Å²) >= 11 is 0.826. The van der Waals surface area contributed by atoms with Crippen molar-refractivity contribution in [1.29, 1.82) is 0 Å². The molecule has 1 aliphatic rings. The van der Waals surface area contributed by atoms with E-state index in [-0.39, 0.29) is 74.5 Å². The first-order valence-corrected chi connectivity index (χ1v) is 43.7. The van der Waals surface area contributed by atoms with Crippen molar-refractivity contribution in [3.05, 3.63) is 197 Å². The minimum atomic E-state index is -1.91. The molecule has 15 N–H and O–H groups in total. The Kier molecular flexibility index (Phi) is 38.1. The van der Waals surface area contributed by atoms with Gasteiger partial charge in [-0.1, -0.05) is 163 Å². The van der Waals surface area contributed by atoms with Crippen LogP contribution in [0.1, 0.15) is 100 Å². The molecule has 0 radical (unpaired) electrons. The van der Waals surface area contributed by atoms with Crippen molar-refractivity contribution in [3.63, 3.8) is 0 Å². The number of phenolic OH excluding ortho intramolecular Hbond substituents is 2. The van der Waals surface area contributed by atoms with E-state index in [0.29, 0.717) is 57.3 Å². The van der Waals surface area contributed by atoms with Crippen LogP contribution < -0.4 is 53.6 Å². The average molecular weight is 1800 g/mol. The normalized spacial score (nSPS) is 21.9. The molecule has 11 atom stereocenters. The Morgan fingerprint density at radius 1 is 0.481 bits per heavy atom. The molecule has 690 valence electrons. The summed E-state index contributed by atoms with van der Waals surface area (Å²) in [6.07, 6.45) is 1.48. The lowest BCUT2D eigenvalue weighted by molar-refractivity contribution is -0.151. The van der Waals surface area contributed by atoms with Crippen LogP contribution in [0.4, 0.5) is 0 Å². The van der Waals surface area contributed by atoms with Crippen LogP contribution in [0.3, 0.4) is 0 Å². The number of carbonyl (C=O) groups is 16. The molecule has 2 aromatic heterocycles. The summed E-state index contributed by atoms with van der Waals surface area (Å²) in [7, 11) is 6.52. The lowest BCUT2D eigenvalue weighted by Gasteiger charge is -2.37. The molecule has 8 rings (SSSR count). The van der Waals surface area contributed by atoms with Gasteiger partial charge in [0.2, 0.25) is 88.6 Å². The largest absolute Gasteiger partial charge is 0.508 e. The Hall–Kier alpha value is -13.7. The number of likely N-dealkylation sites (N-methyl/N-ethyl adjacent to an activating group) is 5. The Morgan fingerprint density at radius 2 is 0.938 bits per heavy atom. The molecule has 36 nitrogen and oxygen atoms in total. The van der Waals surface area contributed by atoms with Gasteiger partial charge < -0.3 is 98.4 Å². The molecule has 1 unspecified atom stereocenters. The molecular formula is C92H117N17O19S. The quantitative estimate of drug-likeness (QED) is 0.0433. The molecule has 1 saturated heterocycles. The number of carbonyl (C=O) groups excluding carboxylic acids is 15. The number of aromatic hydroxyl groups is 2. The van der Waals surface area contributed by atoms with Crippen molar-refractivity contribution in [1.82, 2.24) is 82.3 Å². The highest BCUT2D eigenvalue weighted by Crippen LogP contribution is 2.24. The zero-order valence-electron chi connectivity index (χ0n) is 74.0. The van der Waals surface area contributed by atoms with Crippen LogP contribution in [0.15, 0.2) is 164 Å².